The Morgan fingerprint density at radius 1 is 1.04 bits per heavy atom. The van der Waals surface area contributed by atoms with Gasteiger partial charge in [0.25, 0.3) is 0 Å². The van der Waals surface area contributed by atoms with Gasteiger partial charge in [-0.3, -0.25) is 0 Å². The third kappa shape index (κ3) is 6.05. The first-order valence-corrected chi connectivity index (χ1v) is 8.34. The molecule has 0 unspecified atom stereocenters. The van der Waals surface area contributed by atoms with Crippen LogP contribution in [-0.2, 0) is 11.3 Å². The van der Waals surface area contributed by atoms with E-state index in [1.165, 1.54) is 5.56 Å². The fraction of sp³-hybridized carbons (Fsp3) is 0.350. The number of unbranched alkanes of at least 4 members (excludes halogenated alkanes) is 1. The van der Waals surface area contributed by atoms with Gasteiger partial charge in [-0.15, -0.1) is 0 Å². The first kappa shape index (κ1) is 18.0. The quantitative estimate of drug-likeness (QED) is 0.728. The van der Waals surface area contributed by atoms with Gasteiger partial charge in [0, 0.05) is 32.5 Å². The highest BCUT2D eigenvalue weighted by atomic mass is 16.5. The Hall–Kier alpha value is -2.33. The largest absolute Gasteiger partial charge is 0.385 e. The van der Waals surface area contributed by atoms with Crippen LogP contribution in [0.25, 0.3) is 0 Å². The van der Waals surface area contributed by atoms with E-state index in [0.717, 1.165) is 30.7 Å². The molecular formula is C20H26N2O2. The second-order valence-corrected chi connectivity index (χ2v) is 5.90. The average molecular weight is 326 g/mol. The summed E-state index contributed by atoms with van der Waals surface area (Å²) in [6.07, 6.45) is 1.86. The number of methoxy groups -OCH3 is 1. The summed E-state index contributed by atoms with van der Waals surface area (Å²) in [6, 6.07) is 17.8. The van der Waals surface area contributed by atoms with E-state index >= 15 is 0 Å². The van der Waals surface area contributed by atoms with Gasteiger partial charge in [0.2, 0.25) is 0 Å². The van der Waals surface area contributed by atoms with Crippen molar-refractivity contribution in [3.05, 3.63) is 65.7 Å². The first-order valence-electron chi connectivity index (χ1n) is 8.34. The fourth-order valence-corrected chi connectivity index (χ4v) is 2.44. The molecule has 4 nitrogen and oxygen atoms in total. The molecule has 0 atom stereocenters. The van der Waals surface area contributed by atoms with E-state index in [-0.39, 0.29) is 6.03 Å². The van der Waals surface area contributed by atoms with Crippen LogP contribution in [0.15, 0.2) is 54.6 Å². The zero-order chi connectivity index (χ0) is 17.2. The highest BCUT2D eigenvalue weighted by Gasteiger charge is 2.14. The van der Waals surface area contributed by atoms with Crippen molar-refractivity contribution in [2.24, 2.45) is 0 Å². The van der Waals surface area contributed by atoms with Crippen molar-refractivity contribution in [2.45, 2.75) is 26.3 Å². The molecule has 24 heavy (non-hydrogen) atoms. The van der Waals surface area contributed by atoms with Gasteiger partial charge < -0.3 is 15.0 Å². The van der Waals surface area contributed by atoms with E-state index in [4.69, 9.17) is 4.74 Å². The molecule has 0 aromatic heterocycles. The number of ether oxygens (including phenoxy) is 1. The molecule has 2 aromatic carbocycles. The van der Waals surface area contributed by atoms with Crippen LogP contribution in [0.1, 0.15) is 24.0 Å². The van der Waals surface area contributed by atoms with Crippen LogP contribution in [0, 0.1) is 6.92 Å². The highest BCUT2D eigenvalue weighted by molar-refractivity contribution is 5.89. The van der Waals surface area contributed by atoms with Gasteiger partial charge in [-0.1, -0.05) is 48.0 Å². The van der Waals surface area contributed by atoms with E-state index in [0.29, 0.717) is 13.1 Å². The van der Waals surface area contributed by atoms with Crippen molar-refractivity contribution in [1.82, 2.24) is 4.90 Å². The number of nitrogens with one attached hydrogen (secondary N) is 1. The molecule has 0 fully saturated rings. The molecule has 128 valence electrons. The zero-order valence-corrected chi connectivity index (χ0v) is 14.5. The van der Waals surface area contributed by atoms with Crippen LogP contribution in [0.5, 0.6) is 0 Å². The predicted octanol–water partition coefficient (Wildman–Crippen LogP) is 4.46. The third-order valence-corrected chi connectivity index (χ3v) is 3.83. The molecular weight excluding hydrogens is 300 g/mol. The maximum Gasteiger partial charge on any atom is 0.322 e. The average Bonchev–Trinajstić information content (AvgIpc) is 2.60. The highest BCUT2D eigenvalue weighted by Crippen LogP contribution is 2.12. The van der Waals surface area contributed by atoms with Crippen molar-refractivity contribution >= 4 is 11.7 Å². The van der Waals surface area contributed by atoms with Gasteiger partial charge in [-0.05, 0) is 37.5 Å². The Bertz CT molecular complexity index is 611. The molecule has 0 bridgehead atoms. The van der Waals surface area contributed by atoms with Crippen molar-refractivity contribution < 1.29 is 9.53 Å². The second-order valence-electron chi connectivity index (χ2n) is 5.90. The topological polar surface area (TPSA) is 41.6 Å². The molecule has 2 aromatic rings. The molecule has 0 heterocycles. The van der Waals surface area contributed by atoms with Crippen LogP contribution >= 0.6 is 0 Å². The lowest BCUT2D eigenvalue weighted by Crippen LogP contribution is -2.35. The van der Waals surface area contributed by atoms with Crippen LogP contribution < -0.4 is 5.32 Å². The Kier molecular flexibility index (Phi) is 7.30. The number of amides is 2. The predicted molar refractivity (Wildman–Crippen MR) is 98.2 cm³/mol. The molecule has 1 N–H and O–H groups in total. The molecule has 0 saturated heterocycles. The van der Waals surface area contributed by atoms with E-state index < -0.39 is 0 Å². The van der Waals surface area contributed by atoms with Gasteiger partial charge in [0.1, 0.15) is 0 Å². The third-order valence-electron chi connectivity index (χ3n) is 3.83. The van der Waals surface area contributed by atoms with Crippen LogP contribution in [0.2, 0.25) is 0 Å². The number of benzene rings is 2. The molecule has 0 aliphatic rings. The number of carbonyl (C=O) groups excluding carboxylic acids is 1. The molecule has 0 spiro atoms. The number of hydrogen-bond acceptors (Lipinski definition) is 2. The minimum Gasteiger partial charge on any atom is -0.385 e. The standard InChI is InChI=1S/C20H26N2O2/c1-17-10-12-19(13-11-17)21-20(23)22(14-6-7-15-24-2)16-18-8-4-3-5-9-18/h3-5,8-13H,6-7,14-16H2,1-2H3,(H,21,23). The summed E-state index contributed by atoms with van der Waals surface area (Å²) in [4.78, 5) is 14.5. The lowest BCUT2D eigenvalue weighted by Gasteiger charge is -2.23. The Morgan fingerprint density at radius 3 is 2.42 bits per heavy atom. The number of urea groups is 1. The molecule has 0 aliphatic carbocycles. The molecule has 0 saturated carbocycles. The normalized spacial score (nSPS) is 10.4. The number of carbonyl (C=O) groups is 1. The smallest absolute Gasteiger partial charge is 0.322 e. The molecule has 2 rings (SSSR count). The molecule has 2 amide bonds. The van der Waals surface area contributed by atoms with Gasteiger partial charge in [-0.2, -0.15) is 0 Å². The summed E-state index contributed by atoms with van der Waals surface area (Å²) in [5.74, 6) is 0. The summed E-state index contributed by atoms with van der Waals surface area (Å²) in [6.45, 7) is 4.06. The number of nitrogens with zero attached hydrogens (tertiary/aromatic N) is 1. The number of aryl methyl sites for hydroxylation is 1. The van der Waals surface area contributed by atoms with Gasteiger partial charge in [-0.25, -0.2) is 4.79 Å². The van der Waals surface area contributed by atoms with E-state index in [2.05, 4.69) is 5.32 Å². The van der Waals surface area contributed by atoms with E-state index in [9.17, 15) is 4.79 Å². The zero-order valence-electron chi connectivity index (χ0n) is 14.5. The van der Waals surface area contributed by atoms with Gasteiger partial charge in [0.15, 0.2) is 0 Å². The molecule has 0 aliphatic heterocycles. The summed E-state index contributed by atoms with van der Waals surface area (Å²) in [5, 5.41) is 2.99. The lowest BCUT2D eigenvalue weighted by molar-refractivity contribution is 0.182. The SMILES string of the molecule is COCCCCN(Cc1ccccc1)C(=O)Nc1ccc(C)cc1. The van der Waals surface area contributed by atoms with Crippen molar-refractivity contribution in [3.63, 3.8) is 0 Å². The maximum atomic E-state index is 12.6. The molecule has 0 radical (unpaired) electrons. The number of rotatable bonds is 8. The summed E-state index contributed by atoms with van der Waals surface area (Å²) >= 11 is 0. The van der Waals surface area contributed by atoms with E-state index in [1.54, 1.807) is 7.11 Å². The monoisotopic (exact) mass is 326 g/mol. The summed E-state index contributed by atoms with van der Waals surface area (Å²) in [7, 11) is 1.70. The van der Waals surface area contributed by atoms with Crippen molar-refractivity contribution in [2.75, 3.05) is 25.6 Å². The molecule has 4 heteroatoms. The van der Waals surface area contributed by atoms with Crippen LogP contribution in [0.3, 0.4) is 0 Å². The Balaban J connectivity index is 1.99. The number of anilines is 1. The minimum absolute atomic E-state index is 0.0693. The fourth-order valence-electron chi connectivity index (χ4n) is 2.44. The van der Waals surface area contributed by atoms with Crippen molar-refractivity contribution in [3.8, 4) is 0 Å². The van der Waals surface area contributed by atoms with Gasteiger partial charge in [0.05, 0.1) is 0 Å². The first-order chi connectivity index (χ1) is 11.7. The Labute approximate surface area is 144 Å². The minimum atomic E-state index is -0.0693. The summed E-state index contributed by atoms with van der Waals surface area (Å²) in [5.41, 5.74) is 3.12. The Morgan fingerprint density at radius 2 is 1.75 bits per heavy atom. The second kappa shape index (κ2) is 9.73. The van der Waals surface area contributed by atoms with Crippen LogP contribution in [-0.4, -0.2) is 31.2 Å². The summed E-state index contributed by atoms with van der Waals surface area (Å²) < 4.78 is 5.09. The van der Waals surface area contributed by atoms with E-state index in [1.807, 2.05) is 66.4 Å². The van der Waals surface area contributed by atoms with Crippen molar-refractivity contribution in [1.29, 1.82) is 0 Å². The lowest BCUT2D eigenvalue weighted by atomic mass is 10.2. The number of hydrogen-bond donors (Lipinski definition) is 1. The maximum absolute atomic E-state index is 12.6. The van der Waals surface area contributed by atoms with Crippen LogP contribution in [0.4, 0.5) is 10.5 Å². The van der Waals surface area contributed by atoms with Gasteiger partial charge >= 0.3 is 6.03 Å².